The number of benzene rings is 1. The number of thiol groups is 1. The Balaban J connectivity index is 2.32. The molecular weight excluding hydrogens is 284 g/mol. The van der Waals surface area contributed by atoms with Crippen molar-refractivity contribution in [2.45, 2.75) is 12.5 Å². The average molecular weight is 297 g/mol. The van der Waals surface area contributed by atoms with E-state index in [2.05, 4.69) is 17.6 Å². The van der Waals surface area contributed by atoms with Crippen molar-refractivity contribution < 1.29 is 0 Å². The van der Waals surface area contributed by atoms with Crippen LogP contribution in [-0.2, 0) is 6.54 Å². The Morgan fingerprint density at radius 1 is 1.26 bits per heavy atom. The molecule has 0 bridgehead atoms. The van der Waals surface area contributed by atoms with Gasteiger partial charge in [0.25, 0.3) is 5.56 Å². The van der Waals surface area contributed by atoms with Crippen LogP contribution in [0.15, 0.2) is 46.1 Å². The molecule has 0 amide bonds. The summed E-state index contributed by atoms with van der Waals surface area (Å²) in [6, 6.07) is 9.78. The zero-order valence-electron chi connectivity index (χ0n) is 10.0. The van der Waals surface area contributed by atoms with Gasteiger partial charge in [-0.3, -0.25) is 14.3 Å². The fourth-order valence-electron chi connectivity index (χ4n) is 1.85. The third kappa shape index (κ3) is 3.30. The van der Waals surface area contributed by atoms with Crippen molar-refractivity contribution in [1.29, 1.82) is 0 Å². The van der Waals surface area contributed by atoms with E-state index < -0.39 is 11.2 Å². The number of nitrogens with one attached hydrogen (secondary N) is 1. The lowest BCUT2D eigenvalue weighted by Gasteiger charge is -2.16. The summed E-state index contributed by atoms with van der Waals surface area (Å²) < 4.78 is 1.40. The summed E-state index contributed by atoms with van der Waals surface area (Å²) in [7, 11) is 0. The lowest BCUT2D eigenvalue weighted by molar-refractivity contribution is 0.573. The molecule has 1 unspecified atom stereocenters. The van der Waals surface area contributed by atoms with E-state index in [1.165, 1.54) is 10.8 Å². The van der Waals surface area contributed by atoms with Crippen LogP contribution in [0.4, 0.5) is 0 Å². The molecule has 1 aromatic carbocycles. The molecule has 0 aliphatic heterocycles. The van der Waals surface area contributed by atoms with Gasteiger partial charge in [0.15, 0.2) is 0 Å². The van der Waals surface area contributed by atoms with Gasteiger partial charge in [-0.25, -0.2) is 4.79 Å². The second kappa shape index (κ2) is 6.12. The molecule has 1 N–H and O–H groups in total. The van der Waals surface area contributed by atoms with Gasteiger partial charge in [-0.1, -0.05) is 41.9 Å². The number of hydrogen-bond acceptors (Lipinski definition) is 3. The maximum atomic E-state index is 11.7. The van der Waals surface area contributed by atoms with Crippen LogP contribution in [-0.4, -0.2) is 15.3 Å². The van der Waals surface area contributed by atoms with Gasteiger partial charge in [0.2, 0.25) is 0 Å². The summed E-state index contributed by atoms with van der Waals surface area (Å²) in [6.45, 7) is 0.419. The molecule has 0 spiro atoms. The average Bonchev–Trinajstić information content (AvgIpc) is 2.42. The number of halogens is 1. The molecule has 6 heteroatoms. The maximum Gasteiger partial charge on any atom is 0.328 e. The normalized spacial score (nSPS) is 12.3. The van der Waals surface area contributed by atoms with E-state index >= 15 is 0 Å². The molecule has 1 heterocycles. The molecular formula is C13H13ClN2O2S. The van der Waals surface area contributed by atoms with E-state index in [0.717, 1.165) is 5.56 Å². The van der Waals surface area contributed by atoms with E-state index in [4.69, 9.17) is 11.6 Å². The zero-order valence-corrected chi connectivity index (χ0v) is 11.7. The van der Waals surface area contributed by atoms with Gasteiger partial charge in [0.1, 0.15) is 5.02 Å². The first-order valence-corrected chi connectivity index (χ1v) is 6.78. The van der Waals surface area contributed by atoms with Crippen LogP contribution in [0.5, 0.6) is 0 Å². The molecule has 1 atom stereocenters. The summed E-state index contributed by atoms with van der Waals surface area (Å²) in [5, 5.41) is 0.00516. The summed E-state index contributed by atoms with van der Waals surface area (Å²) in [5.74, 6) is 0.664. The minimum atomic E-state index is -0.565. The standard InChI is InChI=1S/C13H13ClN2O2S/c14-11-7-16(13(18)15-12(11)17)6-10(8-19)9-4-2-1-3-5-9/h1-5,7,10,19H,6,8H2,(H,15,17,18). The molecule has 19 heavy (non-hydrogen) atoms. The van der Waals surface area contributed by atoms with E-state index in [-0.39, 0.29) is 10.9 Å². The highest BCUT2D eigenvalue weighted by atomic mass is 35.5. The first-order chi connectivity index (χ1) is 9.11. The van der Waals surface area contributed by atoms with Crippen LogP contribution in [0.25, 0.3) is 0 Å². The molecule has 2 rings (SSSR count). The van der Waals surface area contributed by atoms with Crippen molar-refractivity contribution >= 4 is 24.2 Å². The zero-order chi connectivity index (χ0) is 13.8. The predicted octanol–water partition coefficient (Wildman–Crippen LogP) is 1.90. The Hall–Kier alpha value is -1.46. The molecule has 0 fully saturated rings. The number of rotatable bonds is 4. The van der Waals surface area contributed by atoms with Crippen LogP contribution in [0.1, 0.15) is 11.5 Å². The Morgan fingerprint density at radius 2 is 1.95 bits per heavy atom. The fraction of sp³-hybridized carbons (Fsp3) is 0.231. The van der Waals surface area contributed by atoms with E-state index in [9.17, 15) is 9.59 Å². The Labute approximate surface area is 120 Å². The molecule has 0 saturated heterocycles. The molecule has 0 radical (unpaired) electrons. The quantitative estimate of drug-likeness (QED) is 0.847. The van der Waals surface area contributed by atoms with Crippen LogP contribution >= 0.6 is 24.2 Å². The van der Waals surface area contributed by atoms with Gasteiger partial charge in [-0.2, -0.15) is 12.6 Å². The van der Waals surface area contributed by atoms with Crippen LogP contribution in [0, 0.1) is 0 Å². The van der Waals surface area contributed by atoms with E-state index in [1.807, 2.05) is 30.3 Å². The van der Waals surface area contributed by atoms with E-state index in [0.29, 0.717) is 12.3 Å². The molecule has 4 nitrogen and oxygen atoms in total. The topological polar surface area (TPSA) is 54.9 Å². The SMILES string of the molecule is O=c1[nH]c(=O)n(CC(CS)c2ccccc2)cc1Cl. The Bertz CT molecular complexity index is 666. The first kappa shape index (κ1) is 14.0. The minimum absolute atomic E-state index is 0.00516. The number of aromatic amines is 1. The molecule has 0 aliphatic carbocycles. The highest BCUT2D eigenvalue weighted by molar-refractivity contribution is 7.80. The predicted molar refractivity (Wildman–Crippen MR) is 79.4 cm³/mol. The lowest BCUT2D eigenvalue weighted by Crippen LogP contribution is -2.31. The van der Waals surface area contributed by atoms with Gasteiger partial charge < -0.3 is 0 Å². The van der Waals surface area contributed by atoms with Crippen LogP contribution in [0.3, 0.4) is 0 Å². The van der Waals surface area contributed by atoms with E-state index in [1.54, 1.807) is 0 Å². The number of H-pyrrole nitrogens is 1. The lowest BCUT2D eigenvalue weighted by atomic mass is 10.0. The van der Waals surface area contributed by atoms with Crippen molar-refractivity contribution in [3.05, 3.63) is 68.0 Å². The monoisotopic (exact) mass is 296 g/mol. The Morgan fingerprint density at radius 3 is 2.58 bits per heavy atom. The van der Waals surface area contributed by atoms with Crippen molar-refractivity contribution in [3.63, 3.8) is 0 Å². The molecule has 0 aliphatic rings. The van der Waals surface area contributed by atoms with Gasteiger partial charge >= 0.3 is 5.69 Å². The first-order valence-electron chi connectivity index (χ1n) is 5.77. The summed E-state index contributed by atoms with van der Waals surface area (Å²) in [4.78, 5) is 25.1. The minimum Gasteiger partial charge on any atom is -0.298 e. The number of aromatic nitrogens is 2. The van der Waals surface area contributed by atoms with Crippen molar-refractivity contribution in [2.75, 3.05) is 5.75 Å². The fourth-order valence-corrected chi connectivity index (χ4v) is 2.34. The highest BCUT2D eigenvalue weighted by Gasteiger charge is 2.12. The molecule has 1 aromatic heterocycles. The Kier molecular flexibility index (Phi) is 4.50. The number of nitrogens with zero attached hydrogens (tertiary/aromatic N) is 1. The second-order valence-electron chi connectivity index (χ2n) is 4.18. The molecule has 100 valence electrons. The van der Waals surface area contributed by atoms with Crippen molar-refractivity contribution in [3.8, 4) is 0 Å². The molecule has 2 aromatic rings. The smallest absolute Gasteiger partial charge is 0.298 e. The maximum absolute atomic E-state index is 11.7. The third-order valence-corrected chi connectivity index (χ3v) is 3.59. The highest BCUT2D eigenvalue weighted by Crippen LogP contribution is 2.18. The van der Waals surface area contributed by atoms with Crippen molar-refractivity contribution in [2.24, 2.45) is 0 Å². The summed E-state index contributed by atoms with van der Waals surface area (Å²) >= 11 is 10.1. The van der Waals surface area contributed by atoms with Crippen molar-refractivity contribution in [1.82, 2.24) is 9.55 Å². The van der Waals surface area contributed by atoms with Gasteiger partial charge in [0, 0.05) is 18.7 Å². The van der Waals surface area contributed by atoms with Gasteiger partial charge in [-0.15, -0.1) is 0 Å². The third-order valence-electron chi connectivity index (χ3n) is 2.88. The summed E-state index contributed by atoms with van der Waals surface area (Å²) in [6.07, 6.45) is 1.36. The molecule has 0 saturated carbocycles. The van der Waals surface area contributed by atoms with Gasteiger partial charge in [-0.05, 0) is 11.3 Å². The second-order valence-corrected chi connectivity index (χ2v) is 4.95. The summed E-state index contributed by atoms with van der Waals surface area (Å²) in [5.41, 5.74) is 0.0638. The van der Waals surface area contributed by atoms with Crippen LogP contribution < -0.4 is 11.2 Å². The van der Waals surface area contributed by atoms with Gasteiger partial charge in [0.05, 0.1) is 0 Å². The van der Waals surface area contributed by atoms with Crippen LogP contribution in [0.2, 0.25) is 5.02 Å². The largest absolute Gasteiger partial charge is 0.328 e. The number of hydrogen-bond donors (Lipinski definition) is 2.